The van der Waals surface area contributed by atoms with Crippen LogP contribution in [0.15, 0.2) is 58.5 Å². The Morgan fingerprint density at radius 2 is 1.88 bits per heavy atom. The van der Waals surface area contributed by atoms with Gasteiger partial charge in [0.2, 0.25) is 0 Å². The van der Waals surface area contributed by atoms with Gasteiger partial charge in [0, 0.05) is 11.7 Å². The number of alkyl halides is 2. The first-order valence-electron chi connectivity index (χ1n) is 7.75. The van der Waals surface area contributed by atoms with Crippen molar-refractivity contribution in [1.82, 2.24) is 9.55 Å². The third-order valence-corrected chi connectivity index (χ3v) is 6.23. The third kappa shape index (κ3) is 3.16. The summed E-state index contributed by atoms with van der Waals surface area (Å²) in [6.07, 6.45) is 0.709. The maximum absolute atomic E-state index is 14.3. The molecule has 2 aromatic carbocycles. The number of thioether (sulfide) groups is 1. The number of aromatic nitrogens is 2. The molecule has 3 aromatic rings. The molecule has 1 aliphatic carbocycles. The van der Waals surface area contributed by atoms with Crippen LogP contribution in [0.3, 0.4) is 0 Å². The first kappa shape index (κ1) is 16.9. The Hall–Kier alpha value is -1.56. The van der Waals surface area contributed by atoms with Crippen LogP contribution >= 0.6 is 35.0 Å². The highest BCUT2D eigenvalue weighted by molar-refractivity contribution is 7.99. The van der Waals surface area contributed by atoms with Gasteiger partial charge in [0.25, 0.3) is 5.56 Å². The molecule has 3 nitrogen and oxygen atoms in total. The van der Waals surface area contributed by atoms with E-state index >= 15 is 0 Å². The predicted molar refractivity (Wildman–Crippen MR) is 101 cm³/mol. The largest absolute Gasteiger partial charge is 0.268 e. The highest BCUT2D eigenvalue weighted by Crippen LogP contribution is 2.54. The van der Waals surface area contributed by atoms with Crippen LogP contribution in [0.25, 0.3) is 16.6 Å². The Kier molecular flexibility index (Phi) is 4.26. The number of para-hydroxylation sites is 2. The van der Waals surface area contributed by atoms with Crippen LogP contribution in [0, 0.1) is 11.7 Å². The van der Waals surface area contributed by atoms with Crippen molar-refractivity contribution < 1.29 is 4.39 Å². The molecule has 0 amide bonds. The smallest absolute Gasteiger partial charge is 0.266 e. The van der Waals surface area contributed by atoms with E-state index in [0.29, 0.717) is 28.2 Å². The van der Waals surface area contributed by atoms with Gasteiger partial charge in [0.05, 0.1) is 16.6 Å². The maximum Gasteiger partial charge on any atom is 0.266 e. The second-order valence-electron chi connectivity index (χ2n) is 5.98. The maximum atomic E-state index is 14.3. The number of benzene rings is 2. The minimum atomic E-state index is -0.701. The monoisotopic (exact) mass is 394 g/mol. The van der Waals surface area contributed by atoms with Gasteiger partial charge < -0.3 is 0 Å². The molecule has 1 aliphatic rings. The Morgan fingerprint density at radius 1 is 1.20 bits per heavy atom. The van der Waals surface area contributed by atoms with Gasteiger partial charge in [-0.3, -0.25) is 9.36 Å². The summed E-state index contributed by atoms with van der Waals surface area (Å²) >= 11 is 13.5. The fraction of sp³-hybridized carbons (Fsp3) is 0.222. The van der Waals surface area contributed by atoms with Crippen LogP contribution in [0.5, 0.6) is 0 Å². The number of fused-ring (bicyclic) bond motifs is 1. The van der Waals surface area contributed by atoms with E-state index in [1.54, 1.807) is 36.4 Å². The van der Waals surface area contributed by atoms with Gasteiger partial charge in [-0.1, -0.05) is 36.0 Å². The van der Waals surface area contributed by atoms with Crippen molar-refractivity contribution in [2.75, 3.05) is 5.75 Å². The topological polar surface area (TPSA) is 34.9 Å². The summed E-state index contributed by atoms with van der Waals surface area (Å²) in [6.45, 7) is 0. The molecule has 0 N–H and O–H groups in total. The lowest BCUT2D eigenvalue weighted by Gasteiger charge is -2.13. The fourth-order valence-corrected chi connectivity index (χ4v) is 4.62. The standard InChI is InChI=1S/C18H13Cl2FN2OS/c19-18(20)9-11(18)10-25-17-22-14-7-3-1-5-12(14)16(24)23(17)15-8-4-2-6-13(15)21/h1-8,11H,9-10H2/t11-/m1/s1. The molecule has 128 valence electrons. The summed E-state index contributed by atoms with van der Waals surface area (Å²) in [5, 5.41) is 0.885. The molecule has 0 bridgehead atoms. The lowest BCUT2D eigenvalue weighted by atomic mass is 10.2. The number of rotatable bonds is 4. The Morgan fingerprint density at radius 3 is 2.60 bits per heavy atom. The summed E-state index contributed by atoms with van der Waals surface area (Å²) in [4.78, 5) is 17.6. The first-order valence-corrected chi connectivity index (χ1v) is 9.49. The van der Waals surface area contributed by atoms with Crippen molar-refractivity contribution in [1.29, 1.82) is 0 Å². The Balaban J connectivity index is 1.86. The zero-order valence-corrected chi connectivity index (χ0v) is 15.3. The molecule has 0 unspecified atom stereocenters. The molecule has 1 aromatic heterocycles. The quantitative estimate of drug-likeness (QED) is 0.361. The minimum Gasteiger partial charge on any atom is -0.268 e. The SMILES string of the molecule is O=c1c2ccccc2nc(SC[C@H]2CC2(Cl)Cl)n1-c1ccccc1F. The van der Waals surface area contributed by atoms with Crippen molar-refractivity contribution >= 4 is 45.9 Å². The van der Waals surface area contributed by atoms with Gasteiger partial charge in [0.15, 0.2) is 5.16 Å². The highest BCUT2D eigenvalue weighted by atomic mass is 35.5. The van der Waals surface area contributed by atoms with Gasteiger partial charge in [0.1, 0.15) is 10.2 Å². The molecular formula is C18H13Cl2FN2OS. The summed E-state index contributed by atoms with van der Waals surface area (Å²) < 4.78 is 15.0. The van der Waals surface area contributed by atoms with Crippen LogP contribution in [-0.2, 0) is 0 Å². The van der Waals surface area contributed by atoms with Crippen LogP contribution in [0.4, 0.5) is 4.39 Å². The van der Waals surface area contributed by atoms with Gasteiger partial charge >= 0.3 is 0 Å². The van der Waals surface area contributed by atoms with E-state index in [-0.39, 0.29) is 17.2 Å². The lowest BCUT2D eigenvalue weighted by molar-refractivity contribution is 0.608. The zero-order valence-electron chi connectivity index (χ0n) is 13.0. The molecule has 4 rings (SSSR count). The van der Waals surface area contributed by atoms with Crippen molar-refractivity contribution in [2.45, 2.75) is 15.9 Å². The van der Waals surface area contributed by atoms with Crippen LogP contribution in [0.1, 0.15) is 6.42 Å². The molecule has 25 heavy (non-hydrogen) atoms. The number of hydrogen-bond donors (Lipinski definition) is 0. The summed E-state index contributed by atoms with van der Waals surface area (Å²) in [6, 6.07) is 13.2. The summed E-state index contributed by atoms with van der Waals surface area (Å²) in [5.41, 5.74) is 0.477. The van der Waals surface area contributed by atoms with Crippen LogP contribution in [-0.4, -0.2) is 19.6 Å². The number of nitrogens with zero attached hydrogens (tertiary/aromatic N) is 2. The third-order valence-electron chi connectivity index (χ3n) is 4.21. The number of halogens is 3. The van der Waals surface area contributed by atoms with Gasteiger partial charge in [-0.25, -0.2) is 9.37 Å². The van der Waals surface area contributed by atoms with E-state index in [0.717, 1.165) is 0 Å². The fourth-order valence-electron chi connectivity index (χ4n) is 2.68. The molecule has 7 heteroatoms. The minimum absolute atomic E-state index is 0.137. The molecule has 1 saturated carbocycles. The number of hydrogen-bond acceptors (Lipinski definition) is 3. The first-order chi connectivity index (χ1) is 12.0. The van der Waals surface area contributed by atoms with E-state index in [4.69, 9.17) is 23.2 Å². The van der Waals surface area contributed by atoms with Crippen molar-refractivity contribution in [3.05, 3.63) is 64.7 Å². The van der Waals surface area contributed by atoms with Crippen molar-refractivity contribution in [2.24, 2.45) is 5.92 Å². The average Bonchev–Trinajstić information content (AvgIpc) is 3.21. The Bertz CT molecular complexity index is 1020. The predicted octanol–water partition coefficient (Wildman–Crippen LogP) is 4.81. The molecule has 0 saturated heterocycles. The second kappa shape index (κ2) is 6.31. The molecule has 0 aliphatic heterocycles. The molecule has 0 spiro atoms. The zero-order chi connectivity index (χ0) is 17.6. The Labute approximate surface area is 157 Å². The average molecular weight is 395 g/mol. The second-order valence-corrected chi connectivity index (χ2v) is 8.51. The van der Waals surface area contributed by atoms with Crippen molar-refractivity contribution in [3.63, 3.8) is 0 Å². The van der Waals surface area contributed by atoms with E-state index in [1.165, 1.54) is 22.4 Å². The van der Waals surface area contributed by atoms with Gasteiger partial charge in [-0.2, -0.15) is 0 Å². The lowest BCUT2D eigenvalue weighted by Crippen LogP contribution is -2.22. The molecule has 1 heterocycles. The normalized spacial score (nSPS) is 18.4. The van der Waals surface area contributed by atoms with Gasteiger partial charge in [-0.15, -0.1) is 23.2 Å². The molecule has 0 radical (unpaired) electrons. The summed E-state index contributed by atoms with van der Waals surface area (Å²) in [7, 11) is 0. The summed E-state index contributed by atoms with van der Waals surface area (Å²) in [5.74, 6) is 0.281. The van der Waals surface area contributed by atoms with Crippen LogP contribution in [0.2, 0.25) is 0 Å². The van der Waals surface area contributed by atoms with Gasteiger partial charge in [-0.05, 0) is 30.7 Å². The highest BCUT2D eigenvalue weighted by Gasteiger charge is 2.51. The molecule has 1 fully saturated rings. The van der Waals surface area contributed by atoms with E-state index < -0.39 is 10.2 Å². The van der Waals surface area contributed by atoms with Crippen LogP contribution < -0.4 is 5.56 Å². The van der Waals surface area contributed by atoms with E-state index in [9.17, 15) is 9.18 Å². The van der Waals surface area contributed by atoms with E-state index in [2.05, 4.69) is 4.98 Å². The molecular weight excluding hydrogens is 382 g/mol. The molecule has 1 atom stereocenters. The van der Waals surface area contributed by atoms with Crippen molar-refractivity contribution in [3.8, 4) is 5.69 Å². The van der Waals surface area contributed by atoms with E-state index in [1.807, 2.05) is 6.07 Å².